The molecule has 0 saturated carbocycles. The van der Waals surface area contributed by atoms with Crippen molar-refractivity contribution in [2.45, 2.75) is 33.2 Å². The van der Waals surface area contributed by atoms with Crippen LogP contribution in [0.4, 0.5) is 4.79 Å². The Hall–Kier alpha value is -1.39. The fourth-order valence-corrected chi connectivity index (χ4v) is 1.70. The molecule has 1 aliphatic heterocycles. The number of carbonyl (C=O) groups excluding carboxylic acids is 3. The van der Waals surface area contributed by atoms with Gasteiger partial charge in [0.05, 0.1) is 0 Å². The van der Waals surface area contributed by atoms with Gasteiger partial charge in [0.25, 0.3) is 5.91 Å². The number of Topliss-reactive ketones (excluding diaryl/α,β-unsaturated/α-hetero) is 1. The first-order chi connectivity index (χ1) is 6.93. The largest absolute Gasteiger partial charge is 0.324 e. The van der Waals surface area contributed by atoms with Gasteiger partial charge in [-0.05, 0) is 12.8 Å². The van der Waals surface area contributed by atoms with E-state index >= 15 is 0 Å². The molecule has 0 aromatic heterocycles. The molecule has 1 heterocycles. The van der Waals surface area contributed by atoms with Crippen LogP contribution in [0.25, 0.3) is 0 Å². The van der Waals surface area contributed by atoms with Crippen molar-refractivity contribution in [3.63, 3.8) is 0 Å². The van der Waals surface area contributed by atoms with Gasteiger partial charge in [-0.3, -0.25) is 14.9 Å². The number of carbonyl (C=O) groups is 3. The van der Waals surface area contributed by atoms with Gasteiger partial charge in [-0.1, -0.05) is 13.8 Å². The monoisotopic (exact) mass is 212 g/mol. The van der Waals surface area contributed by atoms with E-state index in [1.807, 2.05) is 13.8 Å². The highest BCUT2D eigenvalue weighted by Crippen LogP contribution is 2.17. The van der Waals surface area contributed by atoms with Crippen LogP contribution < -0.4 is 5.32 Å². The first kappa shape index (κ1) is 11.7. The molecule has 1 saturated heterocycles. The number of nitrogens with one attached hydrogen (secondary N) is 1. The second-order valence-electron chi connectivity index (χ2n) is 4.13. The third-order valence-corrected chi connectivity index (χ3v) is 2.43. The average molecular weight is 212 g/mol. The Morgan fingerprint density at radius 1 is 1.47 bits per heavy atom. The Bertz CT molecular complexity index is 299. The molecule has 1 fully saturated rings. The second kappa shape index (κ2) is 4.42. The van der Waals surface area contributed by atoms with Gasteiger partial charge in [0.1, 0.15) is 11.8 Å². The molecule has 1 aliphatic rings. The Kier molecular flexibility index (Phi) is 3.44. The maximum Gasteiger partial charge on any atom is 0.324 e. The van der Waals surface area contributed by atoms with Gasteiger partial charge in [0, 0.05) is 13.0 Å². The molecule has 1 rings (SSSR count). The number of amides is 3. The van der Waals surface area contributed by atoms with E-state index in [9.17, 15) is 14.4 Å². The van der Waals surface area contributed by atoms with Crippen molar-refractivity contribution < 1.29 is 14.4 Å². The lowest BCUT2D eigenvalue weighted by molar-refractivity contribution is -0.123. The number of ketones is 1. The molecule has 0 bridgehead atoms. The summed E-state index contributed by atoms with van der Waals surface area (Å²) >= 11 is 0. The standard InChI is InChI=1S/C10H16N2O3/c1-6(2)8-9(14)11-10(15)12(8)5-4-7(3)13/h6,8H,4-5H2,1-3H3,(H,11,14,15). The maximum absolute atomic E-state index is 11.4. The van der Waals surface area contributed by atoms with Crippen LogP contribution >= 0.6 is 0 Å². The fourth-order valence-electron chi connectivity index (χ4n) is 1.70. The predicted molar refractivity (Wildman–Crippen MR) is 54.2 cm³/mol. The summed E-state index contributed by atoms with van der Waals surface area (Å²) in [4.78, 5) is 35.1. The first-order valence-electron chi connectivity index (χ1n) is 5.04. The topological polar surface area (TPSA) is 66.5 Å². The number of imide groups is 1. The third kappa shape index (κ3) is 2.55. The van der Waals surface area contributed by atoms with Crippen molar-refractivity contribution in [1.82, 2.24) is 10.2 Å². The number of nitrogens with zero attached hydrogens (tertiary/aromatic N) is 1. The Labute approximate surface area is 88.8 Å². The summed E-state index contributed by atoms with van der Waals surface area (Å²) in [5.41, 5.74) is 0. The Morgan fingerprint density at radius 3 is 2.53 bits per heavy atom. The van der Waals surface area contributed by atoms with Crippen molar-refractivity contribution >= 4 is 17.7 Å². The molecule has 0 aromatic rings. The molecular weight excluding hydrogens is 196 g/mol. The van der Waals surface area contributed by atoms with Gasteiger partial charge in [-0.25, -0.2) is 4.79 Å². The molecule has 1 unspecified atom stereocenters. The van der Waals surface area contributed by atoms with Gasteiger partial charge >= 0.3 is 6.03 Å². The highest BCUT2D eigenvalue weighted by atomic mass is 16.2. The fraction of sp³-hybridized carbons (Fsp3) is 0.700. The molecule has 0 spiro atoms. The van der Waals surface area contributed by atoms with E-state index < -0.39 is 6.04 Å². The summed E-state index contributed by atoms with van der Waals surface area (Å²) in [6.07, 6.45) is 0.296. The van der Waals surface area contributed by atoms with E-state index in [1.54, 1.807) is 0 Å². The van der Waals surface area contributed by atoms with Crippen LogP contribution in [-0.4, -0.2) is 35.2 Å². The molecule has 0 aliphatic carbocycles. The Morgan fingerprint density at radius 2 is 2.07 bits per heavy atom. The molecule has 1 N–H and O–H groups in total. The van der Waals surface area contributed by atoms with E-state index in [0.717, 1.165) is 0 Å². The molecular formula is C10H16N2O3. The minimum atomic E-state index is -0.433. The van der Waals surface area contributed by atoms with Gasteiger partial charge in [-0.15, -0.1) is 0 Å². The summed E-state index contributed by atoms with van der Waals surface area (Å²) in [6.45, 7) is 5.54. The van der Waals surface area contributed by atoms with Crippen LogP contribution in [0.2, 0.25) is 0 Å². The number of hydrogen-bond donors (Lipinski definition) is 1. The van der Waals surface area contributed by atoms with Gasteiger partial charge < -0.3 is 4.90 Å². The summed E-state index contributed by atoms with van der Waals surface area (Å²) in [7, 11) is 0. The lowest BCUT2D eigenvalue weighted by atomic mass is 10.0. The highest BCUT2D eigenvalue weighted by molar-refractivity contribution is 6.04. The number of rotatable bonds is 4. The van der Waals surface area contributed by atoms with Gasteiger partial charge in [-0.2, -0.15) is 0 Å². The zero-order valence-corrected chi connectivity index (χ0v) is 9.24. The lowest BCUT2D eigenvalue weighted by Gasteiger charge is -2.23. The number of urea groups is 1. The van der Waals surface area contributed by atoms with Crippen molar-refractivity contribution in [2.75, 3.05) is 6.54 Å². The summed E-state index contributed by atoms with van der Waals surface area (Å²) < 4.78 is 0. The van der Waals surface area contributed by atoms with Crippen LogP contribution in [0.1, 0.15) is 27.2 Å². The minimum absolute atomic E-state index is 0.0182. The minimum Gasteiger partial charge on any atom is -0.312 e. The maximum atomic E-state index is 11.4. The van der Waals surface area contributed by atoms with Crippen LogP contribution in [-0.2, 0) is 9.59 Å². The summed E-state index contributed by atoms with van der Waals surface area (Å²) in [5.74, 6) is -0.188. The van der Waals surface area contributed by atoms with Crippen molar-refractivity contribution in [3.05, 3.63) is 0 Å². The first-order valence-corrected chi connectivity index (χ1v) is 5.04. The van der Waals surface area contributed by atoms with E-state index in [4.69, 9.17) is 0 Å². The van der Waals surface area contributed by atoms with Gasteiger partial charge in [0.15, 0.2) is 0 Å². The van der Waals surface area contributed by atoms with Crippen LogP contribution in [0.3, 0.4) is 0 Å². The highest BCUT2D eigenvalue weighted by Gasteiger charge is 2.39. The quantitative estimate of drug-likeness (QED) is 0.692. The van der Waals surface area contributed by atoms with E-state index in [1.165, 1.54) is 11.8 Å². The average Bonchev–Trinajstić information content (AvgIpc) is 2.37. The zero-order valence-electron chi connectivity index (χ0n) is 9.24. The Balaban J connectivity index is 2.70. The van der Waals surface area contributed by atoms with Crippen molar-refractivity contribution in [1.29, 1.82) is 0 Å². The molecule has 0 radical (unpaired) electrons. The molecule has 5 heteroatoms. The molecule has 0 aromatic carbocycles. The molecule has 15 heavy (non-hydrogen) atoms. The molecule has 3 amide bonds. The van der Waals surface area contributed by atoms with Crippen LogP contribution in [0, 0.1) is 5.92 Å². The normalized spacial score (nSPS) is 21.1. The summed E-state index contributed by atoms with van der Waals surface area (Å²) in [5, 5.41) is 2.26. The molecule has 5 nitrogen and oxygen atoms in total. The van der Waals surface area contributed by atoms with E-state index in [2.05, 4.69) is 5.32 Å². The molecule has 1 atom stereocenters. The summed E-state index contributed by atoms with van der Waals surface area (Å²) in [6, 6.07) is -0.822. The predicted octanol–water partition coefficient (Wildman–Crippen LogP) is 0.542. The SMILES string of the molecule is CC(=O)CCN1C(=O)NC(=O)C1C(C)C. The van der Waals surface area contributed by atoms with E-state index in [0.29, 0.717) is 13.0 Å². The van der Waals surface area contributed by atoms with Crippen molar-refractivity contribution in [2.24, 2.45) is 5.92 Å². The zero-order chi connectivity index (χ0) is 11.6. The smallest absolute Gasteiger partial charge is 0.312 e. The number of hydrogen-bond acceptors (Lipinski definition) is 3. The van der Waals surface area contributed by atoms with Crippen LogP contribution in [0.15, 0.2) is 0 Å². The molecule has 84 valence electrons. The van der Waals surface area contributed by atoms with Crippen molar-refractivity contribution in [3.8, 4) is 0 Å². The third-order valence-electron chi connectivity index (χ3n) is 2.43. The van der Waals surface area contributed by atoms with Gasteiger partial charge in [0.2, 0.25) is 0 Å². The van der Waals surface area contributed by atoms with Crippen LogP contribution in [0.5, 0.6) is 0 Å². The second-order valence-corrected chi connectivity index (χ2v) is 4.13. The van der Waals surface area contributed by atoms with E-state index in [-0.39, 0.29) is 23.6 Å². The lowest BCUT2D eigenvalue weighted by Crippen LogP contribution is -2.39.